The van der Waals surface area contributed by atoms with Crippen LogP contribution >= 0.6 is 0 Å². The van der Waals surface area contributed by atoms with Crippen molar-refractivity contribution in [3.05, 3.63) is 73.7 Å². The molecule has 0 radical (unpaired) electrons. The van der Waals surface area contributed by atoms with E-state index >= 15 is 0 Å². The minimum absolute atomic E-state index is 0.00420. The molecule has 0 amide bonds. The third kappa shape index (κ3) is 2.94. The summed E-state index contributed by atoms with van der Waals surface area (Å²) in [4.78, 5) is 28.8. The van der Waals surface area contributed by atoms with Crippen LogP contribution in [0.2, 0.25) is 0 Å². The number of nitrogens with one attached hydrogen (secondary N) is 2. The van der Waals surface area contributed by atoms with E-state index in [1.54, 1.807) is 0 Å². The standard InChI is InChI=1S/C22H20FN3O6/c1-25-8-7-11-9-14-18(32-10-31-14)19(30-2)15(11)17(25)16-20(27)24-22(29)26(21(16)28)13-5-3-12(23)4-6-13/h3-6,9,17,28H,7-8,10H2,1-2H3,(H,24,27,29)/p+1/t17-/m0/s1. The zero-order chi connectivity index (χ0) is 22.6. The van der Waals surface area contributed by atoms with Gasteiger partial charge in [0.25, 0.3) is 5.56 Å². The average Bonchev–Trinajstić information content (AvgIpc) is 3.23. The third-order valence-electron chi connectivity index (χ3n) is 6.01. The Balaban J connectivity index is 1.78. The fourth-order valence-electron chi connectivity index (χ4n) is 4.55. The van der Waals surface area contributed by atoms with Gasteiger partial charge in [0.05, 0.1) is 32.0 Å². The Kier molecular flexibility index (Phi) is 4.66. The molecular formula is C22H21FN3O6+. The molecule has 1 unspecified atom stereocenters. The molecule has 2 aliphatic rings. The second kappa shape index (κ2) is 7.41. The number of rotatable bonds is 3. The summed E-state index contributed by atoms with van der Waals surface area (Å²) in [6.07, 6.45) is 0.695. The Morgan fingerprint density at radius 2 is 1.97 bits per heavy atom. The maximum Gasteiger partial charge on any atom is 0.335 e. The second-order valence-electron chi connectivity index (χ2n) is 7.80. The van der Waals surface area contributed by atoms with Crippen molar-refractivity contribution in [2.45, 2.75) is 12.5 Å². The number of benzene rings is 2. The fourth-order valence-corrected chi connectivity index (χ4v) is 4.55. The fraction of sp³-hybridized carbons (Fsp3) is 0.273. The van der Waals surface area contributed by atoms with E-state index in [2.05, 4.69) is 4.98 Å². The zero-order valence-corrected chi connectivity index (χ0v) is 17.4. The molecule has 3 heterocycles. The normalized spacial score (nSPS) is 19.0. The van der Waals surface area contributed by atoms with Gasteiger partial charge in [-0.15, -0.1) is 0 Å². The van der Waals surface area contributed by atoms with E-state index in [-0.39, 0.29) is 18.0 Å². The van der Waals surface area contributed by atoms with Crippen LogP contribution in [0.25, 0.3) is 5.69 Å². The van der Waals surface area contributed by atoms with Crippen LogP contribution in [0.3, 0.4) is 0 Å². The van der Waals surface area contributed by atoms with Crippen LogP contribution in [0.1, 0.15) is 22.7 Å². The van der Waals surface area contributed by atoms with E-state index in [1.807, 2.05) is 13.1 Å². The molecule has 2 aromatic carbocycles. The van der Waals surface area contributed by atoms with Crippen LogP contribution in [0.4, 0.5) is 4.39 Å². The molecule has 1 aromatic heterocycles. The number of fused-ring (bicyclic) bond motifs is 2. The molecule has 2 atom stereocenters. The first-order valence-electron chi connectivity index (χ1n) is 10.1. The number of hydrogen-bond acceptors (Lipinski definition) is 6. The van der Waals surface area contributed by atoms with Crippen molar-refractivity contribution in [2.24, 2.45) is 0 Å². The van der Waals surface area contributed by atoms with E-state index in [9.17, 15) is 19.1 Å². The minimum atomic E-state index is -0.825. The monoisotopic (exact) mass is 442 g/mol. The van der Waals surface area contributed by atoms with Crippen LogP contribution in [0.15, 0.2) is 39.9 Å². The second-order valence-corrected chi connectivity index (χ2v) is 7.80. The van der Waals surface area contributed by atoms with Gasteiger partial charge >= 0.3 is 5.69 Å². The molecule has 0 spiro atoms. The van der Waals surface area contributed by atoms with E-state index in [4.69, 9.17) is 14.2 Å². The number of ether oxygens (including phenoxy) is 3. The van der Waals surface area contributed by atoms with Gasteiger partial charge in [-0.3, -0.25) is 9.78 Å². The van der Waals surface area contributed by atoms with Gasteiger partial charge in [-0.1, -0.05) is 0 Å². The number of quaternary nitrogens is 1. The van der Waals surface area contributed by atoms with Gasteiger partial charge in [0, 0.05) is 6.42 Å². The van der Waals surface area contributed by atoms with E-state index in [0.717, 1.165) is 15.0 Å². The van der Waals surface area contributed by atoms with Crippen LogP contribution in [-0.2, 0) is 6.42 Å². The summed E-state index contributed by atoms with van der Waals surface area (Å²) in [6, 6.07) is 6.25. The molecule has 9 nitrogen and oxygen atoms in total. The van der Waals surface area contributed by atoms with E-state index in [1.165, 1.54) is 31.4 Å². The lowest BCUT2D eigenvalue weighted by Gasteiger charge is -2.33. The van der Waals surface area contributed by atoms with Crippen LogP contribution < -0.4 is 30.4 Å². The highest BCUT2D eigenvalue weighted by Gasteiger charge is 2.41. The smallest absolute Gasteiger partial charge is 0.335 e. The van der Waals surface area contributed by atoms with Gasteiger partial charge in [-0.05, 0) is 35.9 Å². The van der Waals surface area contributed by atoms with Crippen molar-refractivity contribution >= 4 is 0 Å². The van der Waals surface area contributed by atoms with Crippen molar-refractivity contribution in [1.82, 2.24) is 9.55 Å². The van der Waals surface area contributed by atoms with Gasteiger partial charge in [0.2, 0.25) is 18.4 Å². The summed E-state index contributed by atoms with van der Waals surface area (Å²) in [5.74, 6) is 0.429. The van der Waals surface area contributed by atoms with Crippen LogP contribution in [0.5, 0.6) is 23.1 Å². The lowest BCUT2D eigenvalue weighted by molar-refractivity contribution is -0.908. The molecule has 0 bridgehead atoms. The highest BCUT2D eigenvalue weighted by Crippen LogP contribution is 2.48. The molecule has 166 valence electrons. The van der Waals surface area contributed by atoms with Crippen LogP contribution in [-0.4, -0.2) is 42.2 Å². The van der Waals surface area contributed by atoms with Crippen LogP contribution in [0, 0.1) is 5.82 Å². The maximum atomic E-state index is 13.4. The Morgan fingerprint density at radius 3 is 2.69 bits per heavy atom. The number of halogens is 1. The summed E-state index contributed by atoms with van der Waals surface area (Å²) >= 11 is 0. The lowest BCUT2D eigenvalue weighted by Crippen LogP contribution is -3.10. The van der Waals surface area contributed by atoms with Crippen molar-refractivity contribution in [2.75, 3.05) is 27.5 Å². The number of likely N-dealkylation sites (N-methyl/N-ethyl adjacent to an activating group) is 1. The van der Waals surface area contributed by atoms with Crippen molar-refractivity contribution < 1.29 is 28.6 Å². The van der Waals surface area contributed by atoms with Crippen molar-refractivity contribution in [1.29, 1.82) is 0 Å². The van der Waals surface area contributed by atoms with Crippen molar-refractivity contribution in [3.8, 4) is 28.8 Å². The molecule has 32 heavy (non-hydrogen) atoms. The summed E-state index contributed by atoms with van der Waals surface area (Å²) in [5.41, 5.74) is 0.282. The van der Waals surface area contributed by atoms with E-state index < -0.39 is 29.0 Å². The van der Waals surface area contributed by atoms with Gasteiger partial charge < -0.3 is 24.2 Å². The van der Waals surface area contributed by atoms with Crippen molar-refractivity contribution in [3.63, 3.8) is 0 Å². The number of aromatic amines is 1. The van der Waals surface area contributed by atoms with Gasteiger partial charge in [-0.25, -0.2) is 13.8 Å². The zero-order valence-electron chi connectivity index (χ0n) is 17.4. The average molecular weight is 442 g/mol. The number of aromatic hydroxyl groups is 1. The topological polar surface area (TPSA) is 107 Å². The molecule has 3 aromatic rings. The molecule has 0 aliphatic carbocycles. The third-order valence-corrected chi connectivity index (χ3v) is 6.01. The first kappa shape index (κ1) is 20.1. The predicted octanol–water partition coefficient (Wildman–Crippen LogP) is 0.268. The number of hydrogen-bond donors (Lipinski definition) is 3. The summed E-state index contributed by atoms with van der Waals surface area (Å²) in [5, 5.41) is 11.2. The number of H-pyrrole nitrogens is 1. The van der Waals surface area contributed by atoms with Gasteiger partial charge in [-0.2, -0.15) is 0 Å². The number of nitrogens with zero attached hydrogens (tertiary/aromatic N) is 1. The molecule has 0 saturated carbocycles. The highest BCUT2D eigenvalue weighted by atomic mass is 19.1. The molecule has 10 heteroatoms. The largest absolute Gasteiger partial charge is 0.494 e. The Morgan fingerprint density at radius 1 is 1.22 bits per heavy atom. The number of methoxy groups -OCH3 is 1. The summed E-state index contributed by atoms with van der Waals surface area (Å²) in [6.45, 7) is 0.720. The molecule has 0 fully saturated rings. The summed E-state index contributed by atoms with van der Waals surface area (Å²) < 4.78 is 31.1. The van der Waals surface area contributed by atoms with Gasteiger partial charge in [0.1, 0.15) is 11.4 Å². The van der Waals surface area contributed by atoms with E-state index in [0.29, 0.717) is 35.8 Å². The Labute approximate surface area is 181 Å². The number of aromatic nitrogens is 2. The Hall–Kier alpha value is -3.79. The predicted molar refractivity (Wildman–Crippen MR) is 111 cm³/mol. The minimum Gasteiger partial charge on any atom is -0.494 e. The molecular weight excluding hydrogens is 421 g/mol. The molecule has 0 saturated heterocycles. The Bertz CT molecular complexity index is 1330. The highest BCUT2D eigenvalue weighted by molar-refractivity contribution is 5.63. The first-order valence-corrected chi connectivity index (χ1v) is 10.1. The summed E-state index contributed by atoms with van der Waals surface area (Å²) in [7, 11) is 3.39. The molecule has 3 N–H and O–H groups in total. The first-order chi connectivity index (χ1) is 15.4. The maximum absolute atomic E-state index is 13.4. The lowest BCUT2D eigenvalue weighted by atomic mass is 9.87. The molecule has 5 rings (SSSR count). The quantitative estimate of drug-likeness (QED) is 0.538. The van der Waals surface area contributed by atoms with Gasteiger partial charge in [0.15, 0.2) is 17.5 Å². The molecule has 2 aliphatic heterocycles. The SMILES string of the molecule is COc1c2c(cc3c1[C@@H](c1c(O)n(-c4ccc(F)cc4)c(=O)[nH]c1=O)[NH+](C)CC3)OCO2.